The highest BCUT2D eigenvalue weighted by atomic mass is 16.5. The van der Waals surface area contributed by atoms with Crippen LogP contribution in [-0.4, -0.2) is 59.4 Å². The first-order valence-corrected chi connectivity index (χ1v) is 7.74. The molecule has 1 aromatic rings. The molecule has 3 rings (SSSR count). The molecule has 1 aromatic heterocycles. The summed E-state index contributed by atoms with van der Waals surface area (Å²) in [4.78, 5) is 14.8. The first-order valence-electron chi connectivity index (χ1n) is 7.74. The number of hydrogen-bond acceptors (Lipinski definition) is 4. The second kappa shape index (κ2) is 5.77. The Labute approximate surface area is 125 Å². The van der Waals surface area contributed by atoms with E-state index in [1.807, 2.05) is 0 Å². The summed E-state index contributed by atoms with van der Waals surface area (Å²) in [6, 6.07) is 0.484. The monoisotopic (exact) mass is 292 g/mol. The van der Waals surface area contributed by atoms with Gasteiger partial charge in [0.25, 0.3) is 5.91 Å². The minimum Gasteiger partial charge on any atom is -0.378 e. The maximum absolute atomic E-state index is 12.5. The summed E-state index contributed by atoms with van der Waals surface area (Å²) in [5.41, 5.74) is 2.79. The van der Waals surface area contributed by atoms with Gasteiger partial charge in [0, 0.05) is 37.5 Å². The van der Waals surface area contributed by atoms with E-state index in [0.29, 0.717) is 11.7 Å². The van der Waals surface area contributed by atoms with Crippen molar-refractivity contribution in [3.8, 4) is 0 Å². The Morgan fingerprint density at radius 2 is 2.24 bits per heavy atom. The largest absolute Gasteiger partial charge is 0.378 e. The second-order valence-electron chi connectivity index (χ2n) is 6.28. The van der Waals surface area contributed by atoms with Gasteiger partial charge < -0.3 is 10.1 Å². The van der Waals surface area contributed by atoms with E-state index < -0.39 is 0 Å². The summed E-state index contributed by atoms with van der Waals surface area (Å²) in [6.45, 7) is 6.02. The predicted octanol–water partition coefficient (Wildman–Crippen LogP) is 0.736. The van der Waals surface area contributed by atoms with E-state index in [1.165, 1.54) is 0 Å². The van der Waals surface area contributed by atoms with Gasteiger partial charge in [-0.2, -0.15) is 5.10 Å². The first kappa shape index (κ1) is 14.5. The van der Waals surface area contributed by atoms with Crippen LogP contribution in [0, 0.1) is 0 Å². The molecule has 0 saturated carbocycles. The fourth-order valence-electron chi connectivity index (χ4n) is 3.35. The molecule has 1 fully saturated rings. The van der Waals surface area contributed by atoms with Crippen LogP contribution in [-0.2, 0) is 17.6 Å². The van der Waals surface area contributed by atoms with Gasteiger partial charge in [0.2, 0.25) is 0 Å². The lowest BCUT2D eigenvalue weighted by Crippen LogP contribution is -2.44. The van der Waals surface area contributed by atoms with E-state index in [9.17, 15) is 4.79 Å². The lowest BCUT2D eigenvalue weighted by Gasteiger charge is -2.19. The van der Waals surface area contributed by atoms with Crippen LogP contribution in [0.5, 0.6) is 0 Å². The van der Waals surface area contributed by atoms with Gasteiger partial charge in [-0.3, -0.25) is 14.8 Å². The number of fused-ring (bicyclic) bond motifs is 1. The molecular formula is C15H24N4O2. The quantitative estimate of drug-likeness (QED) is 0.858. The Bertz CT molecular complexity index is 526. The van der Waals surface area contributed by atoms with E-state index in [0.717, 1.165) is 43.6 Å². The minimum absolute atomic E-state index is 0.0265. The topological polar surface area (TPSA) is 70.2 Å². The van der Waals surface area contributed by atoms with Crippen LogP contribution < -0.4 is 5.32 Å². The number of rotatable bonds is 4. The normalized spacial score (nSPS) is 25.5. The molecule has 1 saturated heterocycles. The van der Waals surface area contributed by atoms with Crippen LogP contribution in [0.3, 0.4) is 0 Å². The van der Waals surface area contributed by atoms with Crippen molar-refractivity contribution < 1.29 is 9.53 Å². The number of nitrogens with one attached hydrogen (secondary N) is 2. The van der Waals surface area contributed by atoms with Crippen molar-refractivity contribution in [2.24, 2.45) is 0 Å². The number of carbonyl (C=O) groups is 1. The van der Waals surface area contributed by atoms with Gasteiger partial charge in [-0.1, -0.05) is 0 Å². The molecule has 2 heterocycles. The van der Waals surface area contributed by atoms with Gasteiger partial charge in [-0.15, -0.1) is 0 Å². The van der Waals surface area contributed by atoms with Crippen LogP contribution in [0.25, 0.3) is 0 Å². The van der Waals surface area contributed by atoms with Gasteiger partial charge >= 0.3 is 0 Å². The highest BCUT2D eigenvalue weighted by Gasteiger charge is 2.36. The van der Waals surface area contributed by atoms with Gasteiger partial charge in [0.05, 0.1) is 12.1 Å². The Hall–Kier alpha value is -1.40. The lowest BCUT2D eigenvalue weighted by atomic mass is 10.1. The Morgan fingerprint density at radius 3 is 2.95 bits per heavy atom. The molecule has 0 unspecified atom stereocenters. The number of H-pyrrole nitrogens is 1. The number of hydrogen-bond donors (Lipinski definition) is 2. The molecule has 116 valence electrons. The molecule has 0 bridgehead atoms. The molecule has 0 aromatic carbocycles. The van der Waals surface area contributed by atoms with Gasteiger partial charge in [0.1, 0.15) is 0 Å². The predicted molar refractivity (Wildman–Crippen MR) is 79.4 cm³/mol. The molecular weight excluding hydrogens is 268 g/mol. The van der Waals surface area contributed by atoms with E-state index in [-0.39, 0.29) is 18.1 Å². The van der Waals surface area contributed by atoms with Crippen molar-refractivity contribution in [1.29, 1.82) is 0 Å². The molecule has 0 spiro atoms. The zero-order valence-corrected chi connectivity index (χ0v) is 13.0. The highest BCUT2D eigenvalue weighted by Crippen LogP contribution is 2.23. The van der Waals surface area contributed by atoms with Crippen molar-refractivity contribution in [2.45, 2.75) is 51.3 Å². The third-order valence-corrected chi connectivity index (χ3v) is 4.67. The number of aryl methyl sites for hydroxylation is 1. The number of methoxy groups -OCH3 is 1. The van der Waals surface area contributed by atoms with E-state index in [1.54, 1.807) is 7.11 Å². The molecule has 1 amide bonds. The molecule has 1 aliphatic heterocycles. The minimum atomic E-state index is -0.0768. The third kappa shape index (κ3) is 2.70. The number of likely N-dealkylation sites (tertiary alicyclic amines) is 1. The van der Waals surface area contributed by atoms with Gasteiger partial charge in [0.15, 0.2) is 5.69 Å². The Kier molecular flexibility index (Phi) is 3.99. The van der Waals surface area contributed by atoms with E-state index in [2.05, 4.69) is 34.3 Å². The lowest BCUT2D eigenvalue weighted by molar-refractivity contribution is 0.0749. The summed E-state index contributed by atoms with van der Waals surface area (Å²) in [7, 11) is 1.71. The number of ether oxygens (including phenoxy) is 1. The maximum Gasteiger partial charge on any atom is 0.272 e. The Balaban J connectivity index is 1.69. The third-order valence-electron chi connectivity index (χ3n) is 4.67. The van der Waals surface area contributed by atoms with Crippen LogP contribution in [0.2, 0.25) is 0 Å². The molecule has 2 aliphatic rings. The summed E-state index contributed by atoms with van der Waals surface area (Å²) in [5.74, 6) is -0.0768. The second-order valence-corrected chi connectivity index (χ2v) is 6.28. The number of amides is 1. The molecule has 2 N–H and O–H groups in total. The maximum atomic E-state index is 12.5. The molecule has 6 heteroatoms. The highest BCUT2D eigenvalue weighted by molar-refractivity contribution is 5.94. The van der Waals surface area contributed by atoms with Crippen LogP contribution in [0.1, 0.15) is 42.0 Å². The summed E-state index contributed by atoms with van der Waals surface area (Å²) in [6.07, 6.45) is 3.10. The number of nitrogens with zero attached hydrogens (tertiary/aromatic N) is 2. The smallest absolute Gasteiger partial charge is 0.272 e. The molecule has 1 aliphatic carbocycles. The summed E-state index contributed by atoms with van der Waals surface area (Å²) < 4.78 is 5.53. The van der Waals surface area contributed by atoms with E-state index in [4.69, 9.17) is 4.74 Å². The van der Waals surface area contributed by atoms with Crippen molar-refractivity contribution in [3.63, 3.8) is 0 Å². The molecule has 21 heavy (non-hydrogen) atoms. The van der Waals surface area contributed by atoms with Crippen molar-refractivity contribution in [3.05, 3.63) is 17.0 Å². The van der Waals surface area contributed by atoms with Crippen LogP contribution in [0.15, 0.2) is 0 Å². The number of carbonyl (C=O) groups excluding carboxylic acids is 1. The summed E-state index contributed by atoms with van der Waals surface area (Å²) in [5, 5.41) is 10.3. The average Bonchev–Trinajstić information content (AvgIpc) is 3.12. The zero-order valence-electron chi connectivity index (χ0n) is 13.0. The number of aromatic amines is 1. The van der Waals surface area contributed by atoms with Crippen LogP contribution >= 0.6 is 0 Å². The average molecular weight is 292 g/mol. The van der Waals surface area contributed by atoms with E-state index >= 15 is 0 Å². The standard InChI is InChI=1S/C15H24N4O2/c1-9(2)19-7-12(13(8-19)21-3)16-15(20)14-10-5-4-6-11(10)17-18-14/h9,12-13H,4-8H2,1-3H3,(H,16,20)(H,17,18)/t12-,13-/m0/s1. The first-order chi connectivity index (χ1) is 10.1. The summed E-state index contributed by atoms with van der Waals surface area (Å²) >= 11 is 0. The zero-order chi connectivity index (χ0) is 15.0. The SMILES string of the molecule is CO[C@H]1CN(C(C)C)C[C@@H]1NC(=O)c1n[nH]c2c1CCC2. The molecule has 2 atom stereocenters. The van der Waals surface area contributed by atoms with Gasteiger partial charge in [-0.05, 0) is 33.1 Å². The molecule has 0 radical (unpaired) electrons. The molecule has 6 nitrogen and oxygen atoms in total. The fraction of sp³-hybridized carbons (Fsp3) is 0.733. The van der Waals surface area contributed by atoms with Gasteiger partial charge in [-0.25, -0.2) is 0 Å². The number of aromatic nitrogens is 2. The van der Waals surface area contributed by atoms with Crippen LogP contribution in [0.4, 0.5) is 0 Å². The van der Waals surface area contributed by atoms with Crippen molar-refractivity contribution >= 4 is 5.91 Å². The van der Waals surface area contributed by atoms with Crippen molar-refractivity contribution in [1.82, 2.24) is 20.4 Å². The van der Waals surface area contributed by atoms with Crippen molar-refractivity contribution in [2.75, 3.05) is 20.2 Å². The Morgan fingerprint density at radius 1 is 1.43 bits per heavy atom. The fourth-order valence-corrected chi connectivity index (χ4v) is 3.35.